The third-order valence-electron chi connectivity index (χ3n) is 2.05. The van der Waals surface area contributed by atoms with Gasteiger partial charge in [-0.3, -0.25) is 0 Å². The summed E-state index contributed by atoms with van der Waals surface area (Å²) >= 11 is 4.74. The molecular formula is C11H7BrO2S. The van der Waals surface area contributed by atoms with Gasteiger partial charge in [0.2, 0.25) is 0 Å². The quantitative estimate of drug-likeness (QED) is 0.908. The molecule has 0 saturated heterocycles. The van der Waals surface area contributed by atoms with E-state index in [-0.39, 0.29) is 0 Å². The molecule has 0 radical (unpaired) electrons. The molecule has 1 N–H and O–H groups in total. The van der Waals surface area contributed by atoms with E-state index in [4.69, 9.17) is 5.11 Å². The predicted molar refractivity (Wildman–Crippen MR) is 64.4 cm³/mol. The molecular weight excluding hydrogens is 276 g/mol. The Bertz CT molecular complexity index is 488. The van der Waals surface area contributed by atoms with Crippen LogP contribution in [0, 0.1) is 0 Å². The molecule has 0 saturated carbocycles. The van der Waals surface area contributed by atoms with Crippen molar-refractivity contribution in [3.05, 3.63) is 45.1 Å². The molecule has 1 aromatic carbocycles. The van der Waals surface area contributed by atoms with Crippen molar-refractivity contribution in [3.8, 4) is 11.1 Å². The smallest absolute Gasteiger partial charge is 0.337 e. The van der Waals surface area contributed by atoms with Gasteiger partial charge in [-0.05, 0) is 23.1 Å². The molecule has 1 heterocycles. The fraction of sp³-hybridized carbons (Fsp3) is 0. The monoisotopic (exact) mass is 282 g/mol. The highest BCUT2D eigenvalue weighted by Crippen LogP contribution is 2.28. The summed E-state index contributed by atoms with van der Waals surface area (Å²) in [6.07, 6.45) is 0. The first kappa shape index (κ1) is 10.4. The summed E-state index contributed by atoms with van der Waals surface area (Å²) in [4.78, 5) is 10.9. The SMILES string of the molecule is O=C(O)c1cscc1-c1ccc(Br)cc1. The number of rotatable bonds is 2. The summed E-state index contributed by atoms with van der Waals surface area (Å²) in [5.74, 6) is -0.880. The molecule has 15 heavy (non-hydrogen) atoms. The average molecular weight is 283 g/mol. The van der Waals surface area contributed by atoms with E-state index in [1.54, 1.807) is 5.38 Å². The summed E-state index contributed by atoms with van der Waals surface area (Å²) in [5, 5.41) is 12.5. The number of hydrogen-bond donors (Lipinski definition) is 1. The van der Waals surface area contributed by atoms with E-state index in [0.717, 1.165) is 15.6 Å². The highest BCUT2D eigenvalue weighted by atomic mass is 79.9. The second-order valence-corrected chi connectivity index (χ2v) is 4.67. The Balaban J connectivity index is 2.49. The van der Waals surface area contributed by atoms with Gasteiger partial charge < -0.3 is 5.11 Å². The highest BCUT2D eigenvalue weighted by Gasteiger charge is 2.12. The van der Waals surface area contributed by atoms with Crippen molar-refractivity contribution in [2.24, 2.45) is 0 Å². The standard InChI is InChI=1S/C11H7BrO2S/c12-8-3-1-7(2-4-8)9-5-15-6-10(9)11(13)14/h1-6H,(H,13,14). The molecule has 4 heteroatoms. The number of aromatic carboxylic acids is 1. The van der Waals surface area contributed by atoms with Crippen LogP contribution in [0.5, 0.6) is 0 Å². The Labute approximate surface area is 99.3 Å². The third kappa shape index (κ3) is 2.11. The lowest BCUT2D eigenvalue weighted by atomic mass is 10.1. The van der Waals surface area contributed by atoms with Crippen LogP contribution >= 0.6 is 27.3 Å². The van der Waals surface area contributed by atoms with Crippen LogP contribution in [0.2, 0.25) is 0 Å². The lowest BCUT2D eigenvalue weighted by Gasteiger charge is -2.00. The van der Waals surface area contributed by atoms with Crippen LogP contribution in [0.15, 0.2) is 39.5 Å². The Morgan fingerprint density at radius 1 is 1.20 bits per heavy atom. The number of carboxylic acids is 1. The molecule has 0 aliphatic rings. The minimum absolute atomic E-state index is 0.363. The summed E-state index contributed by atoms with van der Waals surface area (Å²) in [7, 11) is 0. The van der Waals surface area contributed by atoms with Crippen molar-refractivity contribution < 1.29 is 9.90 Å². The highest BCUT2D eigenvalue weighted by molar-refractivity contribution is 9.10. The number of halogens is 1. The van der Waals surface area contributed by atoms with Gasteiger partial charge in [0.15, 0.2) is 0 Å². The van der Waals surface area contributed by atoms with E-state index < -0.39 is 5.97 Å². The third-order valence-corrected chi connectivity index (χ3v) is 3.32. The minimum Gasteiger partial charge on any atom is -0.478 e. The van der Waals surface area contributed by atoms with Crippen LogP contribution in [-0.4, -0.2) is 11.1 Å². The van der Waals surface area contributed by atoms with Crippen LogP contribution in [0.4, 0.5) is 0 Å². The number of carbonyl (C=O) groups is 1. The zero-order chi connectivity index (χ0) is 10.8. The zero-order valence-corrected chi connectivity index (χ0v) is 10.0. The minimum atomic E-state index is -0.880. The van der Waals surface area contributed by atoms with Crippen molar-refractivity contribution in [2.75, 3.05) is 0 Å². The molecule has 0 spiro atoms. The Morgan fingerprint density at radius 3 is 2.47 bits per heavy atom. The van der Waals surface area contributed by atoms with Crippen LogP contribution in [0.3, 0.4) is 0 Å². The van der Waals surface area contributed by atoms with Crippen molar-refractivity contribution in [2.45, 2.75) is 0 Å². The summed E-state index contributed by atoms with van der Waals surface area (Å²) < 4.78 is 0.985. The van der Waals surface area contributed by atoms with Gasteiger partial charge in [0.25, 0.3) is 0 Å². The number of benzene rings is 1. The summed E-state index contributed by atoms with van der Waals surface area (Å²) in [6, 6.07) is 7.61. The average Bonchev–Trinajstić information content (AvgIpc) is 2.67. The van der Waals surface area contributed by atoms with Gasteiger partial charge in [-0.1, -0.05) is 28.1 Å². The van der Waals surface area contributed by atoms with E-state index in [1.165, 1.54) is 11.3 Å². The van der Waals surface area contributed by atoms with E-state index in [9.17, 15) is 4.79 Å². The molecule has 2 rings (SSSR count). The van der Waals surface area contributed by atoms with E-state index in [2.05, 4.69) is 15.9 Å². The number of carboxylic acid groups (broad SMARTS) is 1. The van der Waals surface area contributed by atoms with Gasteiger partial charge in [0.1, 0.15) is 0 Å². The molecule has 0 aliphatic heterocycles. The van der Waals surface area contributed by atoms with E-state index in [1.807, 2.05) is 29.6 Å². The zero-order valence-electron chi connectivity index (χ0n) is 7.61. The first-order chi connectivity index (χ1) is 7.18. The molecule has 76 valence electrons. The summed E-state index contributed by atoms with van der Waals surface area (Å²) in [6.45, 7) is 0. The normalized spacial score (nSPS) is 10.2. The van der Waals surface area contributed by atoms with Gasteiger partial charge in [-0.15, -0.1) is 0 Å². The fourth-order valence-corrected chi connectivity index (χ4v) is 2.41. The molecule has 0 atom stereocenters. The van der Waals surface area contributed by atoms with Gasteiger partial charge in [0.05, 0.1) is 5.56 Å². The largest absolute Gasteiger partial charge is 0.478 e. The Hall–Kier alpha value is -1.13. The molecule has 0 bridgehead atoms. The van der Waals surface area contributed by atoms with E-state index in [0.29, 0.717) is 5.56 Å². The van der Waals surface area contributed by atoms with Gasteiger partial charge in [-0.2, -0.15) is 11.3 Å². The number of thiophene rings is 1. The molecule has 1 aromatic heterocycles. The van der Waals surface area contributed by atoms with E-state index >= 15 is 0 Å². The number of hydrogen-bond acceptors (Lipinski definition) is 2. The Kier molecular flexibility index (Phi) is 2.88. The van der Waals surface area contributed by atoms with Gasteiger partial charge in [-0.25, -0.2) is 4.79 Å². The van der Waals surface area contributed by atoms with Crippen LogP contribution in [0.25, 0.3) is 11.1 Å². The summed E-state index contributed by atoms with van der Waals surface area (Å²) in [5.41, 5.74) is 2.07. The lowest BCUT2D eigenvalue weighted by Crippen LogP contribution is -1.95. The molecule has 0 unspecified atom stereocenters. The van der Waals surface area contributed by atoms with Crippen molar-refractivity contribution in [3.63, 3.8) is 0 Å². The molecule has 2 aromatic rings. The Morgan fingerprint density at radius 2 is 1.87 bits per heavy atom. The van der Waals surface area contributed by atoms with Crippen molar-refractivity contribution in [1.82, 2.24) is 0 Å². The van der Waals surface area contributed by atoms with Crippen LogP contribution in [0.1, 0.15) is 10.4 Å². The van der Waals surface area contributed by atoms with Crippen LogP contribution in [-0.2, 0) is 0 Å². The van der Waals surface area contributed by atoms with Gasteiger partial charge in [0, 0.05) is 15.4 Å². The first-order valence-electron chi connectivity index (χ1n) is 4.24. The molecule has 0 fully saturated rings. The van der Waals surface area contributed by atoms with Gasteiger partial charge >= 0.3 is 5.97 Å². The van der Waals surface area contributed by atoms with Crippen molar-refractivity contribution >= 4 is 33.2 Å². The second kappa shape index (κ2) is 4.16. The van der Waals surface area contributed by atoms with Crippen LogP contribution < -0.4 is 0 Å². The maximum absolute atomic E-state index is 10.9. The topological polar surface area (TPSA) is 37.3 Å². The fourth-order valence-electron chi connectivity index (χ4n) is 1.32. The van der Waals surface area contributed by atoms with Crippen molar-refractivity contribution in [1.29, 1.82) is 0 Å². The maximum atomic E-state index is 10.9. The molecule has 0 amide bonds. The predicted octanol–water partition coefficient (Wildman–Crippen LogP) is 3.88. The lowest BCUT2D eigenvalue weighted by molar-refractivity contribution is 0.0698. The molecule has 2 nitrogen and oxygen atoms in total. The first-order valence-corrected chi connectivity index (χ1v) is 5.97. The second-order valence-electron chi connectivity index (χ2n) is 3.01. The molecule has 0 aliphatic carbocycles. The maximum Gasteiger partial charge on any atom is 0.337 e.